The summed E-state index contributed by atoms with van der Waals surface area (Å²) in [5, 5.41) is 0. The fourth-order valence-corrected chi connectivity index (χ4v) is 1.74. The van der Waals surface area contributed by atoms with E-state index in [9.17, 15) is 14.4 Å². The van der Waals surface area contributed by atoms with Crippen molar-refractivity contribution in [2.45, 2.75) is 6.92 Å². The zero-order chi connectivity index (χ0) is 13.8. The minimum atomic E-state index is -1.37. The van der Waals surface area contributed by atoms with Gasteiger partial charge in [0.05, 0.1) is 0 Å². The molecule has 2 rings (SSSR count). The molecule has 19 heavy (non-hydrogen) atoms. The Labute approximate surface area is 110 Å². The molecule has 0 aromatic heterocycles. The molecule has 1 heterocycles. The van der Waals surface area contributed by atoms with E-state index in [1.807, 2.05) is 30.3 Å². The third-order valence-electron chi connectivity index (χ3n) is 2.65. The molecule has 1 aliphatic heterocycles. The second-order valence-electron chi connectivity index (χ2n) is 4.16. The van der Waals surface area contributed by atoms with Gasteiger partial charge in [0.2, 0.25) is 0 Å². The minimum absolute atomic E-state index is 0.214. The lowest BCUT2D eigenvalue weighted by atomic mass is 9.96. The first kappa shape index (κ1) is 13.0. The molecular weight excluding hydrogens is 244 g/mol. The third-order valence-corrected chi connectivity index (χ3v) is 2.65. The van der Waals surface area contributed by atoms with Crippen molar-refractivity contribution in [1.29, 1.82) is 0 Å². The molecule has 96 valence electrons. The number of esters is 1. The van der Waals surface area contributed by atoms with Crippen LogP contribution in [0, 0.1) is 5.92 Å². The van der Waals surface area contributed by atoms with Gasteiger partial charge in [0.15, 0.2) is 17.5 Å². The first-order valence-electron chi connectivity index (χ1n) is 5.79. The van der Waals surface area contributed by atoms with Crippen LogP contribution in [-0.4, -0.2) is 17.5 Å². The second kappa shape index (κ2) is 5.44. The van der Waals surface area contributed by atoms with Gasteiger partial charge in [0.1, 0.15) is 5.76 Å². The van der Waals surface area contributed by atoms with Gasteiger partial charge in [-0.15, -0.1) is 0 Å². The number of hydrogen-bond donors (Lipinski definition) is 0. The number of rotatable bonds is 3. The summed E-state index contributed by atoms with van der Waals surface area (Å²) in [7, 11) is 0. The molecule has 0 N–H and O–H groups in total. The van der Waals surface area contributed by atoms with Crippen LogP contribution in [-0.2, 0) is 19.1 Å². The molecule has 0 amide bonds. The third kappa shape index (κ3) is 3.04. The zero-order valence-corrected chi connectivity index (χ0v) is 10.3. The average Bonchev–Trinajstić information content (AvgIpc) is 2.36. The van der Waals surface area contributed by atoms with Gasteiger partial charge in [0.25, 0.3) is 0 Å². The first-order valence-corrected chi connectivity index (χ1v) is 5.79. The van der Waals surface area contributed by atoms with Gasteiger partial charge < -0.3 is 4.74 Å². The predicted molar refractivity (Wildman–Crippen MR) is 68.8 cm³/mol. The SMILES string of the molecule is CC1=CC(=O)[C@H](C(=O)/C=C/c2ccccc2)C(=O)O1. The van der Waals surface area contributed by atoms with Crippen LogP contribution in [0.25, 0.3) is 6.08 Å². The van der Waals surface area contributed by atoms with Gasteiger partial charge in [-0.05, 0) is 18.6 Å². The van der Waals surface area contributed by atoms with E-state index in [1.165, 1.54) is 19.1 Å². The molecule has 1 aromatic rings. The van der Waals surface area contributed by atoms with Crippen LogP contribution in [0.15, 0.2) is 48.2 Å². The Hall–Kier alpha value is -2.49. The van der Waals surface area contributed by atoms with Gasteiger partial charge in [0, 0.05) is 6.08 Å². The molecule has 4 heteroatoms. The van der Waals surface area contributed by atoms with E-state index in [2.05, 4.69) is 0 Å². The maximum atomic E-state index is 11.9. The zero-order valence-electron chi connectivity index (χ0n) is 10.3. The van der Waals surface area contributed by atoms with Crippen LogP contribution >= 0.6 is 0 Å². The highest BCUT2D eigenvalue weighted by Crippen LogP contribution is 2.16. The van der Waals surface area contributed by atoms with E-state index in [-0.39, 0.29) is 5.76 Å². The Balaban J connectivity index is 2.15. The highest BCUT2D eigenvalue weighted by molar-refractivity contribution is 6.25. The monoisotopic (exact) mass is 256 g/mol. The summed E-state index contributed by atoms with van der Waals surface area (Å²) in [6.45, 7) is 1.50. The normalized spacial score (nSPS) is 19.2. The molecule has 4 nitrogen and oxygen atoms in total. The summed E-state index contributed by atoms with van der Waals surface area (Å²) in [6.07, 6.45) is 3.96. The molecule has 0 saturated heterocycles. The van der Waals surface area contributed by atoms with Crippen molar-refractivity contribution < 1.29 is 19.1 Å². The van der Waals surface area contributed by atoms with E-state index in [0.29, 0.717) is 0 Å². The number of hydrogen-bond acceptors (Lipinski definition) is 4. The van der Waals surface area contributed by atoms with Crippen molar-refractivity contribution in [2.24, 2.45) is 5.92 Å². The highest BCUT2D eigenvalue weighted by atomic mass is 16.5. The number of benzene rings is 1. The first-order chi connectivity index (χ1) is 9.08. The second-order valence-corrected chi connectivity index (χ2v) is 4.16. The van der Waals surface area contributed by atoms with Gasteiger partial charge in [-0.3, -0.25) is 14.4 Å². The Morgan fingerprint density at radius 2 is 1.89 bits per heavy atom. The largest absolute Gasteiger partial charge is 0.430 e. The number of ketones is 2. The lowest BCUT2D eigenvalue weighted by molar-refractivity contribution is -0.151. The highest BCUT2D eigenvalue weighted by Gasteiger charge is 2.36. The standard InChI is InChI=1S/C15H12O4/c1-10-9-13(17)14(15(18)19-10)12(16)8-7-11-5-3-2-4-6-11/h2-9,14H,1H3/b8-7+/t14-/m0/s1. The van der Waals surface area contributed by atoms with Gasteiger partial charge in [-0.25, -0.2) is 0 Å². The molecule has 0 saturated carbocycles. The number of allylic oxidation sites excluding steroid dienone is 3. The fraction of sp³-hybridized carbons (Fsp3) is 0.133. The topological polar surface area (TPSA) is 60.4 Å². The van der Waals surface area contributed by atoms with E-state index >= 15 is 0 Å². The van der Waals surface area contributed by atoms with Gasteiger partial charge in [-0.1, -0.05) is 36.4 Å². The van der Waals surface area contributed by atoms with Crippen LogP contribution in [0.2, 0.25) is 0 Å². The minimum Gasteiger partial charge on any atom is -0.430 e. The van der Waals surface area contributed by atoms with Crippen LogP contribution in [0.5, 0.6) is 0 Å². The van der Waals surface area contributed by atoms with Crippen molar-refractivity contribution in [3.63, 3.8) is 0 Å². The molecule has 0 bridgehead atoms. The predicted octanol–water partition coefficient (Wildman–Crippen LogP) is 1.91. The van der Waals surface area contributed by atoms with Crippen LogP contribution in [0.4, 0.5) is 0 Å². The van der Waals surface area contributed by atoms with Crippen molar-refractivity contribution in [1.82, 2.24) is 0 Å². The average molecular weight is 256 g/mol. The molecule has 1 aromatic carbocycles. The molecule has 0 aliphatic carbocycles. The fourth-order valence-electron chi connectivity index (χ4n) is 1.74. The Bertz CT molecular complexity index is 581. The molecule has 0 radical (unpaired) electrons. The molecule has 0 spiro atoms. The van der Waals surface area contributed by atoms with Crippen LogP contribution < -0.4 is 0 Å². The van der Waals surface area contributed by atoms with Crippen LogP contribution in [0.3, 0.4) is 0 Å². The number of carbonyl (C=O) groups excluding carboxylic acids is 3. The molecular formula is C15H12O4. The van der Waals surface area contributed by atoms with E-state index in [1.54, 1.807) is 6.08 Å². The number of ether oxygens (including phenoxy) is 1. The summed E-state index contributed by atoms with van der Waals surface area (Å²) < 4.78 is 4.79. The molecule has 1 atom stereocenters. The van der Waals surface area contributed by atoms with E-state index in [0.717, 1.165) is 5.56 Å². The maximum Gasteiger partial charge on any atom is 0.329 e. The van der Waals surface area contributed by atoms with Gasteiger partial charge in [-0.2, -0.15) is 0 Å². The molecule has 0 fully saturated rings. The number of cyclic esters (lactones) is 1. The van der Waals surface area contributed by atoms with Crippen LogP contribution in [0.1, 0.15) is 12.5 Å². The van der Waals surface area contributed by atoms with Crippen molar-refractivity contribution in [3.05, 3.63) is 53.8 Å². The smallest absolute Gasteiger partial charge is 0.329 e. The Kier molecular flexibility index (Phi) is 3.71. The summed E-state index contributed by atoms with van der Waals surface area (Å²) in [6, 6.07) is 9.14. The van der Waals surface area contributed by atoms with Gasteiger partial charge >= 0.3 is 5.97 Å². The molecule has 0 unspecified atom stereocenters. The van der Waals surface area contributed by atoms with E-state index < -0.39 is 23.5 Å². The summed E-state index contributed by atoms with van der Waals surface area (Å²) >= 11 is 0. The summed E-state index contributed by atoms with van der Waals surface area (Å²) in [5.41, 5.74) is 0.819. The summed E-state index contributed by atoms with van der Waals surface area (Å²) in [4.78, 5) is 35.0. The van der Waals surface area contributed by atoms with E-state index in [4.69, 9.17) is 4.74 Å². The van der Waals surface area contributed by atoms with Crippen molar-refractivity contribution in [3.8, 4) is 0 Å². The molecule has 1 aliphatic rings. The van der Waals surface area contributed by atoms with Crippen molar-refractivity contribution >= 4 is 23.6 Å². The number of carbonyl (C=O) groups is 3. The summed E-state index contributed by atoms with van der Waals surface area (Å²) in [5.74, 6) is -3.07. The lowest BCUT2D eigenvalue weighted by Gasteiger charge is -2.15. The quantitative estimate of drug-likeness (QED) is 0.471. The van der Waals surface area contributed by atoms with Crippen molar-refractivity contribution in [2.75, 3.05) is 0 Å². The Morgan fingerprint density at radius 1 is 1.21 bits per heavy atom. The maximum absolute atomic E-state index is 11.9. The Morgan fingerprint density at radius 3 is 2.53 bits per heavy atom. The lowest BCUT2D eigenvalue weighted by Crippen LogP contribution is -2.34.